The van der Waals surface area contributed by atoms with Gasteiger partial charge in [-0.2, -0.15) is 0 Å². The van der Waals surface area contributed by atoms with Crippen LogP contribution in [0.5, 0.6) is 0 Å². The van der Waals surface area contributed by atoms with Crippen molar-refractivity contribution in [3.63, 3.8) is 0 Å². The lowest BCUT2D eigenvalue weighted by Gasteiger charge is -2.11. The number of anilines is 1. The lowest BCUT2D eigenvalue weighted by atomic mass is 10.1. The Morgan fingerprint density at radius 2 is 1.90 bits per heavy atom. The molecule has 0 bridgehead atoms. The highest BCUT2D eigenvalue weighted by atomic mass is 16.3. The van der Waals surface area contributed by atoms with Gasteiger partial charge in [-0.1, -0.05) is 30.3 Å². The highest BCUT2D eigenvalue weighted by Gasteiger charge is 2.05. The predicted molar refractivity (Wildman–Crippen MR) is 87.4 cm³/mol. The third kappa shape index (κ3) is 3.26. The Labute approximate surface area is 125 Å². The third-order valence-corrected chi connectivity index (χ3v) is 3.47. The van der Waals surface area contributed by atoms with E-state index in [-0.39, 0.29) is 0 Å². The lowest BCUT2D eigenvalue weighted by Crippen LogP contribution is -2.10. The topological polar surface area (TPSA) is 28.4 Å². The molecule has 3 heteroatoms. The Morgan fingerprint density at radius 1 is 1.05 bits per heavy atom. The molecule has 0 aliphatic heterocycles. The number of nitrogens with zero attached hydrogens (tertiary/aromatic N) is 1. The fourth-order valence-corrected chi connectivity index (χ4v) is 2.51. The SMILES string of the molecule is CN(C)Cc1cccc(NCc2coc3ccccc23)c1. The van der Waals surface area contributed by atoms with Crippen molar-refractivity contribution in [2.45, 2.75) is 13.1 Å². The summed E-state index contributed by atoms with van der Waals surface area (Å²) in [5.74, 6) is 0. The van der Waals surface area contributed by atoms with Gasteiger partial charge in [0, 0.05) is 29.7 Å². The van der Waals surface area contributed by atoms with Gasteiger partial charge in [-0.05, 0) is 37.9 Å². The summed E-state index contributed by atoms with van der Waals surface area (Å²) in [5.41, 5.74) is 4.57. The van der Waals surface area contributed by atoms with E-state index in [4.69, 9.17) is 4.42 Å². The molecule has 0 radical (unpaired) electrons. The van der Waals surface area contributed by atoms with Crippen molar-refractivity contribution in [1.29, 1.82) is 0 Å². The maximum absolute atomic E-state index is 5.57. The molecule has 108 valence electrons. The van der Waals surface area contributed by atoms with Crippen LogP contribution in [0.1, 0.15) is 11.1 Å². The Morgan fingerprint density at radius 3 is 2.76 bits per heavy atom. The molecule has 1 N–H and O–H groups in total. The van der Waals surface area contributed by atoms with Crippen LogP contribution in [-0.4, -0.2) is 19.0 Å². The number of fused-ring (bicyclic) bond motifs is 1. The highest BCUT2D eigenvalue weighted by Crippen LogP contribution is 2.22. The lowest BCUT2D eigenvalue weighted by molar-refractivity contribution is 0.402. The minimum Gasteiger partial charge on any atom is -0.464 e. The van der Waals surface area contributed by atoms with Crippen LogP contribution in [0.4, 0.5) is 5.69 Å². The first-order valence-corrected chi connectivity index (χ1v) is 7.15. The zero-order valence-corrected chi connectivity index (χ0v) is 12.5. The van der Waals surface area contributed by atoms with Crippen LogP contribution < -0.4 is 5.32 Å². The molecule has 3 rings (SSSR count). The molecular formula is C18H20N2O. The van der Waals surface area contributed by atoms with E-state index in [1.165, 1.54) is 16.5 Å². The molecule has 0 atom stereocenters. The van der Waals surface area contributed by atoms with Gasteiger partial charge in [0.05, 0.1) is 6.26 Å². The predicted octanol–water partition coefficient (Wildman–Crippen LogP) is 4.11. The van der Waals surface area contributed by atoms with Gasteiger partial charge in [0.1, 0.15) is 5.58 Å². The van der Waals surface area contributed by atoms with E-state index < -0.39 is 0 Å². The Hall–Kier alpha value is -2.26. The van der Waals surface area contributed by atoms with E-state index >= 15 is 0 Å². The van der Waals surface area contributed by atoms with Crippen LogP contribution in [0.2, 0.25) is 0 Å². The Bertz CT molecular complexity index is 731. The number of furan rings is 1. The number of rotatable bonds is 5. The standard InChI is InChI=1S/C18H20N2O/c1-20(2)12-14-6-5-7-16(10-14)19-11-15-13-21-18-9-4-3-8-17(15)18/h3-10,13,19H,11-12H2,1-2H3. The van der Waals surface area contributed by atoms with E-state index in [2.05, 4.69) is 54.6 Å². The first-order chi connectivity index (χ1) is 10.2. The number of hydrogen-bond acceptors (Lipinski definition) is 3. The van der Waals surface area contributed by atoms with Crippen molar-refractivity contribution in [2.75, 3.05) is 19.4 Å². The summed E-state index contributed by atoms with van der Waals surface area (Å²) in [5, 5.41) is 4.65. The summed E-state index contributed by atoms with van der Waals surface area (Å²) in [6.07, 6.45) is 1.83. The second-order valence-corrected chi connectivity index (χ2v) is 5.55. The van der Waals surface area contributed by atoms with Crippen molar-refractivity contribution in [3.05, 3.63) is 65.9 Å². The maximum Gasteiger partial charge on any atom is 0.134 e. The molecule has 0 saturated heterocycles. The summed E-state index contributed by atoms with van der Waals surface area (Å²) < 4.78 is 5.57. The smallest absolute Gasteiger partial charge is 0.134 e. The van der Waals surface area contributed by atoms with Gasteiger partial charge in [0.15, 0.2) is 0 Å². The quantitative estimate of drug-likeness (QED) is 0.762. The van der Waals surface area contributed by atoms with Crippen LogP contribution in [0, 0.1) is 0 Å². The normalized spacial score (nSPS) is 11.2. The fourth-order valence-electron chi connectivity index (χ4n) is 2.51. The molecule has 0 aliphatic carbocycles. The van der Waals surface area contributed by atoms with Crippen molar-refractivity contribution >= 4 is 16.7 Å². The van der Waals surface area contributed by atoms with Crippen LogP contribution >= 0.6 is 0 Å². The fraction of sp³-hybridized carbons (Fsp3) is 0.222. The van der Waals surface area contributed by atoms with E-state index in [1.807, 2.05) is 24.5 Å². The average molecular weight is 280 g/mol. The Kier molecular flexibility index (Phi) is 3.93. The number of nitrogens with one attached hydrogen (secondary N) is 1. The average Bonchev–Trinajstić information content (AvgIpc) is 2.88. The summed E-state index contributed by atoms with van der Waals surface area (Å²) in [4.78, 5) is 2.17. The molecule has 0 unspecified atom stereocenters. The molecule has 1 heterocycles. The van der Waals surface area contributed by atoms with E-state index in [0.29, 0.717) is 0 Å². The monoisotopic (exact) mass is 280 g/mol. The van der Waals surface area contributed by atoms with Crippen LogP contribution in [0.15, 0.2) is 59.2 Å². The zero-order valence-electron chi connectivity index (χ0n) is 12.5. The minimum atomic E-state index is 0.766. The van der Waals surface area contributed by atoms with Gasteiger partial charge in [-0.15, -0.1) is 0 Å². The van der Waals surface area contributed by atoms with Crippen LogP contribution in [0.25, 0.3) is 11.0 Å². The molecule has 3 aromatic rings. The highest BCUT2D eigenvalue weighted by molar-refractivity contribution is 5.81. The molecule has 0 aliphatic rings. The minimum absolute atomic E-state index is 0.766. The van der Waals surface area contributed by atoms with Gasteiger partial charge in [-0.25, -0.2) is 0 Å². The van der Waals surface area contributed by atoms with Crippen LogP contribution in [0.3, 0.4) is 0 Å². The first kappa shape index (κ1) is 13.7. The largest absolute Gasteiger partial charge is 0.464 e. The summed E-state index contributed by atoms with van der Waals surface area (Å²) >= 11 is 0. The summed E-state index contributed by atoms with van der Waals surface area (Å²) in [7, 11) is 4.16. The Balaban J connectivity index is 1.72. The third-order valence-electron chi connectivity index (χ3n) is 3.47. The van der Waals surface area contributed by atoms with Gasteiger partial charge >= 0.3 is 0 Å². The first-order valence-electron chi connectivity index (χ1n) is 7.15. The number of benzene rings is 2. The zero-order chi connectivity index (χ0) is 14.7. The van der Waals surface area contributed by atoms with Crippen LogP contribution in [-0.2, 0) is 13.1 Å². The summed E-state index contributed by atoms with van der Waals surface area (Å²) in [6.45, 7) is 1.71. The molecule has 1 aromatic heterocycles. The second-order valence-electron chi connectivity index (χ2n) is 5.55. The molecule has 21 heavy (non-hydrogen) atoms. The van der Waals surface area contributed by atoms with Gasteiger partial charge in [-0.3, -0.25) is 0 Å². The van der Waals surface area contributed by atoms with Crippen molar-refractivity contribution in [1.82, 2.24) is 4.90 Å². The molecule has 0 saturated carbocycles. The van der Waals surface area contributed by atoms with E-state index in [1.54, 1.807) is 0 Å². The van der Waals surface area contributed by atoms with E-state index in [0.717, 1.165) is 24.4 Å². The van der Waals surface area contributed by atoms with Crippen molar-refractivity contribution in [3.8, 4) is 0 Å². The maximum atomic E-state index is 5.57. The van der Waals surface area contributed by atoms with Crippen molar-refractivity contribution < 1.29 is 4.42 Å². The molecule has 0 fully saturated rings. The number of hydrogen-bond donors (Lipinski definition) is 1. The second kappa shape index (κ2) is 6.02. The molecule has 2 aromatic carbocycles. The van der Waals surface area contributed by atoms with Gasteiger partial charge in [0.25, 0.3) is 0 Å². The van der Waals surface area contributed by atoms with Crippen molar-refractivity contribution in [2.24, 2.45) is 0 Å². The van der Waals surface area contributed by atoms with Gasteiger partial charge < -0.3 is 14.6 Å². The summed E-state index contributed by atoms with van der Waals surface area (Å²) in [6, 6.07) is 16.7. The van der Waals surface area contributed by atoms with Gasteiger partial charge in [0.2, 0.25) is 0 Å². The van der Waals surface area contributed by atoms with E-state index in [9.17, 15) is 0 Å². The molecule has 3 nitrogen and oxygen atoms in total. The molecule has 0 amide bonds. The molecular weight excluding hydrogens is 260 g/mol. The number of para-hydroxylation sites is 1. The molecule has 0 spiro atoms.